The number of nitrogens with zero attached hydrogens (tertiary/aromatic N) is 1. The molecular formula is C16H23NO3. The number of benzene rings is 1. The fourth-order valence-corrected chi connectivity index (χ4v) is 3.33. The quantitative estimate of drug-likeness (QED) is 0.908. The molecule has 0 radical (unpaired) electrons. The van der Waals surface area contributed by atoms with Gasteiger partial charge in [0.15, 0.2) is 5.79 Å². The lowest BCUT2D eigenvalue weighted by Crippen LogP contribution is -2.50. The number of hydrogen-bond donors (Lipinski definition) is 1. The molecule has 2 heterocycles. The summed E-state index contributed by atoms with van der Waals surface area (Å²) in [7, 11) is 0. The molecule has 20 heavy (non-hydrogen) atoms. The van der Waals surface area contributed by atoms with Crippen molar-refractivity contribution in [3.63, 3.8) is 0 Å². The highest BCUT2D eigenvalue weighted by atomic mass is 16.7. The van der Waals surface area contributed by atoms with E-state index >= 15 is 0 Å². The van der Waals surface area contributed by atoms with Gasteiger partial charge in [-0.25, -0.2) is 0 Å². The van der Waals surface area contributed by atoms with Crippen molar-refractivity contribution in [1.82, 2.24) is 4.90 Å². The lowest BCUT2D eigenvalue weighted by Gasteiger charge is -2.40. The molecule has 3 rings (SSSR count). The van der Waals surface area contributed by atoms with Gasteiger partial charge in [-0.15, -0.1) is 0 Å². The van der Waals surface area contributed by atoms with Crippen LogP contribution >= 0.6 is 0 Å². The van der Waals surface area contributed by atoms with E-state index in [0.717, 1.165) is 32.5 Å². The van der Waals surface area contributed by atoms with Crippen molar-refractivity contribution in [1.29, 1.82) is 0 Å². The number of likely N-dealkylation sites (tertiary alicyclic amines) is 1. The van der Waals surface area contributed by atoms with Gasteiger partial charge in [-0.2, -0.15) is 0 Å². The van der Waals surface area contributed by atoms with E-state index in [1.54, 1.807) is 0 Å². The van der Waals surface area contributed by atoms with Crippen LogP contribution in [0, 0.1) is 5.92 Å². The molecule has 0 aromatic heterocycles. The minimum Gasteiger partial charge on any atom is -0.391 e. The summed E-state index contributed by atoms with van der Waals surface area (Å²) in [5, 5.41) is 9.68. The lowest BCUT2D eigenvalue weighted by molar-refractivity contribution is -0.226. The highest BCUT2D eigenvalue weighted by Crippen LogP contribution is 2.34. The number of ether oxygens (including phenoxy) is 2. The van der Waals surface area contributed by atoms with E-state index in [4.69, 9.17) is 9.47 Å². The van der Waals surface area contributed by atoms with Crippen LogP contribution in [0.2, 0.25) is 0 Å². The van der Waals surface area contributed by atoms with Gasteiger partial charge in [-0.1, -0.05) is 30.3 Å². The van der Waals surface area contributed by atoms with Gasteiger partial charge in [0.1, 0.15) is 0 Å². The van der Waals surface area contributed by atoms with Crippen LogP contribution in [0.25, 0.3) is 0 Å². The zero-order valence-corrected chi connectivity index (χ0v) is 11.8. The first-order valence-corrected chi connectivity index (χ1v) is 7.47. The molecule has 0 spiro atoms. The fraction of sp³-hybridized carbons (Fsp3) is 0.625. The fourth-order valence-electron chi connectivity index (χ4n) is 3.33. The molecule has 4 nitrogen and oxygen atoms in total. The molecule has 2 saturated heterocycles. The van der Waals surface area contributed by atoms with Crippen LogP contribution in [-0.4, -0.2) is 48.7 Å². The number of aliphatic hydroxyl groups excluding tert-OH is 1. The maximum absolute atomic E-state index is 9.68. The van der Waals surface area contributed by atoms with Crippen molar-refractivity contribution in [2.24, 2.45) is 5.92 Å². The zero-order chi connectivity index (χ0) is 13.8. The number of piperidine rings is 1. The Morgan fingerprint density at radius 3 is 2.65 bits per heavy atom. The summed E-state index contributed by atoms with van der Waals surface area (Å²) in [6.45, 7) is 4.13. The van der Waals surface area contributed by atoms with E-state index in [0.29, 0.717) is 13.2 Å². The Balaban J connectivity index is 1.64. The largest absolute Gasteiger partial charge is 0.391 e. The maximum atomic E-state index is 9.68. The Bertz CT molecular complexity index is 417. The Hall–Kier alpha value is -0.940. The third kappa shape index (κ3) is 2.88. The maximum Gasteiger partial charge on any atom is 0.195 e. The molecule has 4 heteroatoms. The molecule has 0 aliphatic carbocycles. The average Bonchev–Trinajstić information content (AvgIpc) is 2.99. The van der Waals surface area contributed by atoms with Crippen molar-refractivity contribution in [3.8, 4) is 0 Å². The molecule has 0 saturated carbocycles. The van der Waals surface area contributed by atoms with E-state index in [-0.39, 0.29) is 12.5 Å². The summed E-state index contributed by atoms with van der Waals surface area (Å²) in [4.78, 5) is 2.44. The van der Waals surface area contributed by atoms with Crippen molar-refractivity contribution >= 4 is 0 Å². The van der Waals surface area contributed by atoms with Gasteiger partial charge in [0.05, 0.1) is 19.8 Å². The Labute approximate surface area is 120 Å². The highest BCUT2D eigenvalue weighted by Gasteiger charge is 2.45. The van der Waals surface area contributed by atoms with E-state index in [1.165, 1.54) is 5.56 Å². The van der Waals surface area contributed by atoms with E-state index in [9.17, 15) is 5.11 Å². The minimum absolute atomic E-state index is 0.0448. The topological polar surface area (TPSA) is 41.9 Å². The first-order valence-electron chi connectivity index (χ1n) is 7.47. The predicted octanol–water partition coefficient (Wildman–Crippen LogP) is 1.63. The van der Waals surface area contributed by atoms with E-state index < -0.39 is 5.79 Å². The normalized spacial score (nSPS) is 26.8. The van der Waals surface area contributed by atoms with Crippen LogP contribution in [-0.2, 0) is 16.0 Å². The van der Waals surface area contributed by atoms with Gasteiger partial charge in [-0.3, -0.25) is 4.90 Å². The van der Waals surface area contributed by atoms with Crippen molar-refractivity contribution in [3.05, 3.63) is 35.9 Å². The van der Waals surface area contributed by atoms with Crippen molar-refractivity contribution < 1.29 is 14.6 Å². The molecule has 2 aliphatic rings. The molecule has 1 unspecified atom stereocenters. The van der Waals surface area contributed by atoms with Gasteiger partial charge in [0.2, 0.25) is 0 Å². The summed E-state index contributed by atoms with van der Waals surface area (Å²) in [5.41, 5.74) is 1.33. The molecular weight excluding hydrogens is 254 g/mol. The third-order valence-corrected chi connectivity index (χ3v) is 4.37. The lowest BCUT2D eigenvalue weighted by atomic mass is 9.89. The van der Waals surface area contributed by atoms with Gasteiger partial charge >= 0.3 is 0 Å². The third-order valence-electron chi connectivity index (χ3n) is 4.37. The summed E-state index contributed by atoms with van der Waals surface area (Å²) >= 11 is 0. The van der Waals surface area contributed by atoms with Gasteiger partial charge in [-0.05, 0) is 24.9 Å². The van der Waals surface area contributed by atoms with Crippen LogP contribution in [0.1, 0.15) is 18.4 Å². The first-order chi connectivity index (χ1) is 9.82. The molecule has 1 aromatic carbocycles. The second-order valence-corrected chi connectivity index (χ2v) is 5.73. The van der Waals surface area contributed by atoms with Crippen LogP contribution in [0.4, 0.5) is 0 Å². The smallest absolute Gasteiger partial charge is 0.195 e. The standard InChI is InChI=1S/C16H23NO3/c18-13-16(19-9-10-20-16)15-7-4-8-17(12-15)11-14-5-2-1-3-6-14/h1-3,5-6,15,18H,4,7-13H2. The number of hydrogen-bond acceptors (Lipinski definition) is 4. The molecule has 1 aromatic rings. The molecule has 110 valence electrons. The van der Waals surface area contributed by atoms with Crippen LogP contribution in [0.3, 0.4) is 0 Å². The Morgan fingerprint density at radius 1 is 1.20 bits per heavy atom. The van der Waals surface area contributed by atoms with Crippen LogP contribution in [0.15, 0.2) is 30.3 Å². The summed E-state index contributed by atoms with van der Waals surface area (Å²) < 4.78 is 11.5. The number of rotatable bonds is 4. The molecule has 2 fully saturated rings. The molecule has 0 bridgehead atoms. The molecule has 1 atom stereocenters. The number of aliphatic hydroxyl groups is 1. The summed E-state index contributed by atoms with van der Waals surface area (Å²) in [6, 6.07) is 10.5. The van der Waals surface area contributed by atoms with E-state index in [2.05, 4.69) is 29.2 Å². The summed E-state index contributed by atoms with van der Waals surface area (Å²) in [5.74, 6) is -0.498. The van der Waals surface area contributed by atoms with Gasteiger partial charge < -0.3 is 14.6 Å². The second kappa shape index (κ2) is 6.22. The molecule has 2 aliphatic heterocycles. The monoisotopic (exact) mass is 277 g/mol. The Kier molecular flexibility index (Phi) is 4.36. The molecule has 0 amide bonds. The minimum atomic E-state index is -0.755. The highest BCUT2D eigenvalue weighted by molar-refractivity contribution is 5.14. The second-order valence-electron chi connectivity index (χ2n) is 5.73. The summed E-state index contributed by atoms with van der Waals surface area (Å²) in [6.07, 6.45) is 2.19. The first kappa shape index (κ1) is 14.0. The van der Waals surface area contributed by atoms with Gasteiger partial charge in [0.25, 0.3) is 0 Å². The van der Waals surface area contributed by atoms with Gasteiger partial charge in [0, 0.05) is 19.0 Å². The van der Waals surface area contributed by atoms with Crippen LogP contribution in [0.5, 0.6) is 0 Å². The SMILES string of the molecule is OCC1(C2CCCN(Cc3ccccc3)C2)OCCO1. The van der Waals surface area contributed by atoms with Crippen molar-refractivity contribution in [2.45, 2.75) is 25.2 Å². The van der Waals surface area contributed by atoms with Crippen LogP contribution < -0.4 is 0 Å². The zero-order valence-electron chi connectivity index (χ0n) is 11.8. The predicted molar refractivity (Wildman–Crippen MR) is 76.2 cm³/mol. The van der Waals surface area contributed by atoms with Crippen molar-refractivity contribution in [2.75, 3.05) is 32.9 Å². The average molecular weight is 277 g/mol. The molecule has 1 N–H and O–H groups in total. The van der Waals surface area contributed by atoms with E-state index in [1.807, 2.05) is 6.07 Å². The Morgan fingerprint density at radius 2 is 1.95 bits per heavy atom.